The minimum atomic E-state index is 0.173. The first kappa shape index (κ1) is 22.2. The minimum absolute atomic E-state index is 0.173. The van der Waals surface area contributed by atoms with E-state index in [2.05, 4.69) is 32.7 Å². The zero-order valence-corrected chi connectivity index (χ0v) is 18.6. The highest BCUT2D eigenvalue weighted by molar-refractivity contribution is 5.80. The standard InChI is InChI=1S/C23H36N4O3/c1-24-23(26-11-10-25-22(28)13-17-7-5-4-6-8-17)27-12-9-18-14-20(29-2)21(30-3)15-19(18)16-27/h14-15,17H,4-13,16H2,1-3H3,(H,24,26)(H,25,28). The minimum Gasteiger partial charge on any atom is -0.493 e. The number of rotatable bonds is 7. The number of methoxy groups -OCH3 is 2. The van der Waals surface area contributed by atoms with Crippen LogP contribution in [-0.2, 0) is 17.8 Å². The van der Waals surface area contributed by atoms with Gasteiger partial charge in [0.25, 0.3) is 0 Å². The first-order valence-electron chi connectivity index (χ1n) is 11.1. The van der Waals surface area contributed by atoms with Gasteiger partial charge < -0.3 is 25.0 Å². The fourth-order valence-electron chi connectivity index (χ4n) is 4.50. The quantitative estimate of drug-likeness (QED) is 0.406. The lowest BCUT2D eigenvalue weighted by atomic mass is 9.87. The maximum Gasteiger partial charge on any atom is 0.220 e. The molecule has 0 aromatic heterocycles. The number of aliphatic imine (C=N–C) groups is 1. The lowest BCUT2D eigenvalue weighted by Gasteiger charge is -2.32. The zero-order valence-electron chi connectivity index (χ0n) is 18.6. The second-order valence-corrected chi connectivity index (χ2v) is 8.18. The number of guanidine groups is 1. The molecule has 0 unspecified atom stereocenters. The maximum absolute atomic E-state index is 12.2. The molecule has 2 aliphatic rings. The van der Waals surface area contributed by atoms with Gasteiger partial charge in [0.2, 0.25) is 5.91 Å². The summed E-state index contributed by atoms with van der Waals surface area (Å²) in [5.74, 6) is 3.13. The second kappa shape index (κ2) is 11.1. The molecule has 7 heteroatoms. The zero-order chi connectivity index (χ0) is 21.3. The number of carbonyl (C=O) groups is 1. The first-order chi connectivity index (χ1) is 14.6. The fraction of sp³-hybridized carbons (Fsp3) is 0.652. The molecule has 0 saturated heterocycles. The summed E-state index contributed by atoms with van der Waals surface area (Å²) in [4.78, 5) is 18.8. The topological polar surface area (TPSA) is 75.2 Å². The van der Waals surface area contributed by atoms with Crippen molar-refractivity contribution in [2.75, 3.05) is 40.9 Å². The third kappa shape index (κ3) is 5.80. The van der Waals surface area contributed by atoms with Crippen LogP contribution in [0, 0.1) is 5.92 Å². The molecule has 7 nitrogen and oxygen atoms in total. The summed E-state index contributed by atoms with van der Waals surface area (Å²) >= 11 is 0. The predicted molar refractivity (Wildman–Crippen MR) is 119 cm³/mol. The highest BCUT2D eigenvalue weighted by atomic mass is 16.5. The molecule has 1 saturated carbocycles. The Kier molecular flexibility index (Phi) is 8.22. The van der Waals surface area contributed by atoms with Gasteiger partial charge in [-0.1, -0.05) is 19.3 Å². The summed E-state index contributed by atoms with van der Waals surface area (Å²) in [6, 6.07) is 4.13. The van der Waals surface area contributed by atoms with Crippen molar-refractivity contribution in [3.63, 3.8) is 0 Å². The van der Waals surface area contributed by atoms with Crippen LogP contribution in [0.4, 0.5) is 0 Å². The van der Waals surface area contributed by atoms with E-state index < -0.39 is 0 Å². The Hall–Kier alpha value is -2.44. The molecule has 1 aromatic rings. The highest BCUT2D eigenvalue weighted by Gasteiger charge is 2.22. The van der Waals surface area contributed by atoms with E-state index in [1.54, 1.807) is 21.3 Å². The van der Waals surface area contributed by atoms with Crippen molar-refractivity contribution < 1.29 is 14.3 Å². The Bertz CT molecular complexity index is 744. The molecule has 0 bridgehead atoms. The normalized spacial score (nSPS) is 17.3. The lowest BCUT2D eigenvalue weighted by Crippen LogP contribution is -2.46. The lowest BCUT2D eigenvalue weighted by molar-refractivity contribution is -0.122. The number of amides is 1. The van der Waals surface area contributed by atoms with E-state index in [9.17, 15) is 4.79 Å². The number of carbonyl (C=O) groups excluding carboxylic acids is 1. The van der Waals surface area contributed by atoms with Crippen LogP contribution in [0.25, 0.3) is 0 Å². The molecule has 1 aliphatic carbocycles. The van der Waals surface area contributed by atoms with Gasteiger partial charge in [-0.25, -0.2) is 0 Å². The molecule has 0 spiro atoms. The predicted octanol–water partition coefficient (Wildman–Crippen LogP) is 2.72. The molecule has 1 amide bonds. The van der Waals surface area contributed by atoms with Crippen LogP contribution in [0.15, 0.2) is 17.1 Å². The molecule has 1 aromatic carbocycles. The van der Waals surface area contributed by atoms with Crippen LogP contribution >= 0.6 is 0 Å². The molecule has 166 valence electrons. The van der Waals surface area contributed by atoms with Crippen molar-refractivity contribution in [3.05, 3.63) is 23.3 Å². The number of fused-ring (bicyclic) bond motifs is 1. The number of ether oxygens (including phenoxy) is 2. The SMILES string of the molecule is CN=C(NCCNC(=O)CC1CCCCC1)N1CCc2cc(OC)c(OC)cc2C1. The maximum atomic E-state index is 12.2. The van der Waals surface area contributed by atoms with Gasteiger partial charge in [-0.2, -0.15) is 0 Å². The van der Waals surface area contributed by atoms with Crippen molar-refractivity contribution >= 4 is 11.9 Å². The average Bonchev–Trinajstić information content (AvgIpc) is 2.78. The van der Waals surface area contributed by atoms with Gasteiger partial charge in [-0.15, -0.1) is 0 Å². The van der Waals surface area contributed by atoms with Crippen molar-refractivity contribution in [2.45, 2.75) is 51.5 Å². The van der Waals surface area contributed by atoms with Gasteiger partial charge in [-0.05, 0) is 48.4 Å². The van der Waals surface area contributed by atoms with Crippen LogP contribution in [-0.4, -0.2) is 57.7 Å². The first-order valence-corrected chi connectivity index (χ1v) is 11.1. The Morgan fingerprint density at radius 1 is 1.07 bits per heavy atom. The molecule has 0 radical (unpaired) electrons. The summed E-state index contributed by atoms with van der Waals surface area (Å²) in [6.07, 6.45) is 7.86. The molecule has 1 heterocycles. The van der Waals surface area contributed by atoms with E-state index in [4.69, 9.17) is 9.47 Å². The summed E-state index contributed by atoms with van der Waals surface area (Å²) < 4.78 is 10.9. The molecule has 30 heavy (non-hydrogen) atoms. The van der Waals surface area contributed by atoms with Gasteiger partial charge in [0, 0.05) is 39.6 Å². The Balaban J connectivity index is 1.46. The van der Waals surface area contributed by atoms with E-state index in [0.29, 0.717) is 25.4 Å². The summed E-state index contributed by atoms with van der Waals surface area (Å²) in [7, 11) is 5.13. The van der Waals surface area contributed by atoms with Gasteiger partial charge >= 0.3 is 0 Å². The molecular weight excluding hydrogens is 380 g/mol. The van der Waals surface area contributed by atoms with Crippen LogP contribution < -0.4 is 20.1 Å². The monoisotopic (exact) mass is 416 g/mol. The summed E-state index contributed by atoms with van der Waals surface area (Å²) in [5.41, 5.74) is 2.51. The molecular formula is C23H36N4O3. The number of nitrogens with one attached hydrogen (secondary N) is 2. The largest absolute Gasteiger partial charge is 0.493 e. The molecule has 1 fully saturated rings. The number of hydrogen-bond donors (Lipinski definition) is 2. The van der Waals surface area contributed by atoms with Gasteiger partial charge in [0.15, 0.2) is 17.5 Å². The average molecular weight is 417 g/mol. The molecule has 3 rings (SSSR count). The van der Waals surface area contributed by atoms with Gasteiger partial charge in [-0.3, -0.25) is 9.79 Å². The van der Waals surface area contributed by atoms with E-state index in [1.165, 1.54) is 43.2 Å². The van der Waals surface area contributed by atoms with E-state index in [-0.39, 0.29) is 5.91 Å². The molecule has 0 atom stereocenters. The third-order valence-corrected chi connectivity index (χ3v) is 6.16. The fourth-order valence-corrected chi connectivity index (χ4v) is 4.50. The molecule has 1 aliphatic heterocycles. The van der Waals surface area contributed by atoms with Crippen molar-refractivity contribution in [2.24, 2.45) is 10.9 Å². The van der Waals surface area contributed by atoms with Gasteiger partial charge in [0.1, 0.15) is 0 Å². The van der Waals surface area contributed by atoms with E-state index >= 15 is 0 Å². The second-order valence-electron chi connectivity index (χ2n) is 8.18. The third-order valence-electron chi connectivity index (χ3n) is 6.16. The number of hydrogen-bond acceptors (Lipinski definition) is 4. The number of nitrogens with zero attached hydrogens (tertiary/aromatic N) is 2. The van der Waals surface area contributed by atoms with Crippen LogP contribution in [0.1, 0.15) is 49.7 Å². The van der Waals surface area contributed by atoms with E-state index in [0.717, 1.165) is 37.0 Å². The van der Waals surface area contributed by atoms with Crippen molar-refractivity contribution in [1.29, 1.82) is 0 Å². The summed E-state index contributed by atoms with van der Waals surface area (Å²) in [5, 5.41) is 6.44. The summed E-state index contributed by atoms with van der Waals surface area (Å²) in [6.45, 7) is 2.93. The van der Waals surface area contributed by atoms with Gasteiger partial charge in [0.05, 0.1) is 14.2 Å². The highest BCUT2D eigenvalue weighted by Crippen LogP contribution is 2.33. The van der Waals surface area contributed by atoms with Crippen molar-refractivity contribution in [3.8, 4) is 11.5 Å². The van der Waals surface area contributed by atoms with Crippen LogP contribution in [0.3, 0.4) is 0 Å². The van der Waals surface area contributed by atoms with E-state index in [1.807, 2.05) is 0 Å². The number of benzene rings is 1. The van der Waals surface area contributed by atoms with Crippen LogP contribution in [0.5, 0.6) is 11.5 Å². The Labute approximate surface area is 180 Å². The Morgan fingerprint density at radius 3 is 2.40 bits per heavy atom. The molecule has 2 N–H and O–H groups in total. The Morgan fingerprint density at radius 2 is 1.73 bits per heavy atom. The smallest absolute Gasteiger partial charge is 0.220 e. The van der Waals surface area contributed by atoms with Crippen molar-refractivity contribution in [1.82, 2.24) is 15.5 Å². The van der Waals surface area contributed by atoms with Crippen LogP contribution in [0.2, 0.25) is 0 Å².